The molecule has 0 spiro atoms. The molecule has 1 aliphatic rings. The number of cyclic esters (lactones) is 1. The Morgan fingerprint density at radius 3 is 2.52 bits per heavy atom. The van der Waals surface area contributed by atoms with Crippen molar-refractivity contribution in [1.29, 1.82) is 0 Å². The monoisotopic (exact) mass is 589 g/mol. The van der Waals surface area contributed by atoms with Crippen LogP contribution in [-0.2, 0) is 16.0 Å². The normalized spacial score (nSPS) is 24.2. The Labute approximate surface area is 250 Å². The largest absolute Gasteiger partial charge is 0.507 e. The van der Waals surface area contributed by atoms with Crippen molar-refractivity contribution in [3.63, 3.8) is 0 Å². The molecule has 1 amide bonds. The Hall–Kier alpha value is -2.88. The lowest BCUT2D eigenvalue weighted by molar-refractivity contribution is -0.127. The van der Waals surface area contributed by atoms with Crippen molar-refractivity contribution < 1.29 is 39.5 Å². The second-order valence-electron chi connectivity index (χ2n) is 11.7. The zero-order chi connectivity index (χ0) is 31.4. The number of fused-ring (bicyclic) bond motifs is 1. The van der Waals surface area contributed by atoms with E-state index < -0.39 is 42.2 Å². The smallest absolute Gasteiger partial charge is 0.342 e. The van der Waals surface area contributed by atoms with Crippen LogP contribution in [0, 0.1) is 23.7 Å². The lowest BCUT2D eigenvalue weighted by Crippen LogP contribution is -2.37. The number of aliphatic hydroxyl groups excluding tert-OH is 3. The molecule has 9 nitrogen and oxygen atoms in total. The number of amides is 1. The van der Waals surface area contributed by atoms with E-state index in [9.17, 15) is 30.0 Å². The van der Waals surface area contributed by atoms with Gasteiger partial charge in [-0.15, -0.1) is 0 Å². The van der Waals surface area contributed by atoms with Gasteiger partial charge in [0.1, 0.15) is 23.2 Å². The molecule has 1 heterocycles. The van der Waals surface area contributed by atoms with Gasteiger partial charge in [-0.3, -0.25) is 4.79 Å². The van der Waals surface area contributed by atoms with E-state index in [-0.39, 0.29) is 35.5 Å². The number of nitrogens with one attached hydrogen (secondary N) is 1. The number of benzene rings is 1. The number of phenols is 1. The summed E-state index contributed by atoms with van der Waals surface area (Å²) in [6.07, 6.45) is 7.82. The Bertz CT molecular complexity index is 1070. The molecule has 0 aromatic heterocycles. The summed E-state index contributed by atoms with van der Waals surface area (Å²) in [5, 5.41) is 45.5. The molecule has 42 heavy (non-hydrogen) atoms. The Kier molecular flexibility index (Phi) is 14.5. The van der Waals surface area contributed by atoms with Gasteiger partial charge in [-0.05, 0) is 49.1 Å². The number of esters is 1. The van der Waals surface area contributed by atoms with Gasteiger partial charge < -0.3 is 35.2 Å². The topological polar surface area (TPSA) is 146 Å². The van der Waals surface area contributed by atoms with E-state index in [1.165, 1.54) is 13.2 Å². The number of hydrogen-bond acceptors (Lipinski definition) is 8. The minimum Gasteiger partial charge on any atom is -0.507 e. The minimum absolute atomic E-state index is 0.00662. The zero-order valence-electron chi connectivity index (χ0n) is 26.0. The minimum atomic E-state index is -0.794. The molecule has 0 bridgehead atoms. The Morgan fingerprint density at radius 1 is 1.17 bits per heavy atom. The highest BCUT2D eigenvalue weighted by Crippen LogP contribution is 2.33. The van der Waals surface area contributed by atoms with E-state index in [1.807, 2.05) is 52.0 Å². The highest BCUT2D eigenvalue weighted by atomic mass is 16.5. The van der Waals surface area contributed by atoms with Crippen LogP contribution in [0.25, 0.3) is 0 Å². The van der Waals surface area contributed by atoms with Crippen molar-refractivity contribution in [2.75, 3.05) is 13.7 Å². The molecule has 1 aromatic rings. The van der Waals surface area contributed by atoms with Crippen LogP contribution in [-0.4, -0.2) is 70.4 Å². The first-order valence-corrected chi connectivity index (χ1v) is 15.1. The van der Waals surface area contributed by atoms with Gasteiger partial charge >= 0.3 is 5.97 Å². The third-order valence-electron chi connectivity index (χ3n) is 8.35. The molecule has 0 saturated carbocycles. The summed E-state index contributed by atoms with van der Waals surface area (Å²) in [6.45, 7) is 9.68. The molecule has 5 N–H and O–H groups in total. The first-order valence-electron chi connectivity index (χ1n) is 15.1. The molecule has 8 atom stereocenters. The summed E-state index contributed by atoms with van der Waals surface area (Å²) in [6, 6.07) is 2.98. The number of hydrogen-bond donors (Lipinski definition) is 5. The number of aliphatic hydroxyl groups is 3. The second kappa shape index (κ2) is 17.3. The van der Waals surface area contributed by atoms with Crippen LogP contribution in [0.4, 0.5) is 0 Å². The van der Waals surface area contributed by atoms with Gasteiger partial charge in [0.25, 0.3) is 0 Å². The van der Waals surface area contributed by atoms with Crippen molar-refractivity contribution >= 4 is 11.9 Å². The first-order chi connectivity index (χ1) is 19.9. The van der Waals surface area contributed by atoms with Crippen molar-refractivity contribution in [3.8, 4) is 11.5 Å². The van der Waals surface area contributed by atoms with E-state index in [4.69, 9.17) is 9.47 Å². The number of methoxy groups -OCH3 is 1. The number of rotatable bonds is 12. The number of ether oxygens (including phenoxy) is 2. The zero-order valence-corrected chi connectivity index (χ0v) is 26.0. The summed E-state index contributed by atoms with van der Waals surface area (Å²) in [7, 11) is 1.46. The molecule has 0 aliphatic carbocycles. The maximum absolute atomic E-state index is 13.4. The average molecular weight is 590 g/mol. The molecule has 236 valence electrons. The van der Waals surface area contributed by atoms with Crippen molar-refractivity contribution in [1.82, 2.24) is 5.32 Å². The number of allylic oxidation sites excluding steroid dienone is 2. The molecule has 0 saturated heterocycles. The van der Waals surface area contributed by atoms with Crippen molar-refractivity contribution in [2.24, 2.45) is 23.7 Å². The van der Waals surface area contributed by atoms with Crippen LogP contribution < -0.4 is 10.1 Å². The van der Waals surface area contributed by atoms with E-state index in [0.717, 1.165) is 6.42 Å². The van der Waals surface area contributed by atoms with Gasteiger partial charge in [0, 0.05) is 24.9 Å². The van der Waals surface area contributed by atoms with Crippen LogP contribution >= 0.6 is 0 Å². The summed E-state index contributed by atoms with van der Waals surface area (Å²) >= 11 is 0. The van der Waals surface area contributed by atoms with Crippen molar-refractivity contribution in [3.05, 3.63) is 47.6 Å². The second-order valence-corrected chi connectivity index (χ2v) is 11.7. The number of carbonyl (C=O) groups excluding carboxylic acids is 2. The summed E-state index contributed by atoms with van der Waals surface area (Å²) in [4.78, 5) is 25.6. The molecule has 0 unspecified atom stereocenters. The van der Waals surface area contributed by atoms with Gasteiger partial charge in [0.15, 0.2) is 0 Å². The van der Waals surface area contributed by atoms with Crippen LogP contribution in [0.2, 0.25) is 0 Å². The lowest BCUT2D eigenvalue weighted by Gasteiger charge is -2.31. The van der Waals surface area contributed by atoms with E-state index >= 15 is 0 Å². The number of aromatic hydroxyl groups is 1. The molecule has 9 heteroatoms. The van der Waals surface area contributed by atoms with Crippen LogP contribution in [0.3, 0.4) is 0 Å². The summed E-state index contributed by atoms with van der Waals surface area (Å²) in [5.74, 6) is -1.98. The summed E-state index contributed by atoms with van der Waals surface area (Å²) in [5.41, 5.74) is 0.431. The SMILES string of the molecule is CCC[C@@H](O)[C@H](C)C(=O)NC/C=C\C[C@@H](C)[C@@H](O)[C@H](C)[C@@H]1C/C=C\C[C@H](C)[C@H](O)Cc2cc(OC)cc(O)c2C(=O)O1. The fraction of sp³-hybridized carbons (Fsp3) is 0.636. The standard InChI is InChI=1S/C33H51NO8/c1-7-12-26(35)22(4)32(39)34-16-11-10-14-21(3)31(38)23(5)29-15-9-8-13-20(2)27(36)18-24-17-25(41-6)19-28(37)30(24)33(40)42-29/h8-11,17,19-23,26-27,29,31,35-38H,7,12-16,18H2,1-6H3,(H,34,39)/b9-8-,11-10-/t20-,21+,22-,23+,26+,27+,29-,31+/m0/s1. The van der Waals surface area contributed by atoms with E-state index in [1.54, 1.807) is 13.0 Å². The highest BCUT2D eigenvalue weighted by Gasteiger charge is 2.32. The molecule has 0 fully saturated rings. The number of phenolic OH excluding ortho intramolecular Hbond substituents is 1. The molecular formula is C33H51NO8. The van der Waals surface area contributed by atoms with Gasteiger partial charge in [0.05, 0.1) is 31.3 Å². The Morgan fingerprint density at radius 2 is 1.86 bits per heavy atom. The third kappa shape index (κ3) is 10.1. The highest BCUT2D eigenvalue weighted by molar-refractivity contribution is 5.94. The van der Waals surface area contributed by atoms with Crippen molar-refractivity contribution in [2.45, 2.75) is 97.6 Å². The van der Waals surface area contributed by atoms with Gasteiger partial charge in [-0.25, -0.2) is 4.79 Å². The molecule has 1 aliphatic heterocycles. The van der Waals surface area contributed by atoms with E-state index in [0.29, 0.717) is 43.5 Å². The van der Waals surface area contributed by atoms with E-state index in [2.05, 4.69) is 5.32 Å². The third-order valence-corrected chi connectivity index (χ3v) is 8.35. The molecule has 1 aromatic carbocycles. The molecule has 2 rings (SSSR count). The predicted molar refractivity (Wildman–Crippen MR) is 162 cm³/mol. The maximum atomic E-state index is 13.4. The Balaban J connectivity index is 2.10. The maximum Gasteiger partial charge on any atom is 0.342 e. The molecule has 0 radical (unpaired) electrons. The summed E-state index contributed by atoms with van der Waals surface area (Å²) < 4.78 is 11.2. The predicted octanol–water partition coefficient (Wildman–Crippen LogP) is 4.31. The van der Waals surface area contributed by atoms with Gasteiger partial charge in [0.2, 0.25) is 5.91 Å². The lowest BCUT2D eigenvalue weighted by atomic mass is 9.85. The van der Waals surface area contributed by atoms with Gasteiger partial charge in [-0.2, -0.15) is 0 Å². The quantitative estimate of drug-likeness (QED) is 0.179. The number of carbonyl (C=O) groups is 2. The first kappa shape index (κ1) is 35.3. The van der Waals surface area contributed by atoms with Crippen LogP contribution in [0.15, 0.2) is 36.4 Å². The fourth-order valence-electron chi connectivity index (χ4n) is 5.18. The average Bonchev–Trinajstić information content (AvgIpc) is 2.95. The van der Waals surface area contributed by atoms with Gasteiger partial charge in [-0.1, -0.05) is 65.3 Å². The molecular weight excluding hydrogens is 538 g/mol. The van der Waals surface area contributed by atoms with Crippen LogP contribution in [0.1, 0.15) is 82.6 Å². The van der Waals surface area contributed by atoms with Crippen LogP contribution in [0.5, 0.6) is 11.5 Å². The fourth-order valence-corrected chi connectivity index (χ4v) is 5.18.